The Labute approximate surface area is 192 Å². The topological polar surface area (TPSA) is 114 Å². The normalized spacial score (nSPS) is 19.9. The number of aliphatic carboxylic acids is 1. The molecule has 0 heterocycles. The highest BCUT2D eigenvalue weighted by molar-refractivity contribution is 5.80. The van der Waals surface area contributed by atoms with E-state index in [2.05, 4.69) is 35.1 Å². The number of hydrogen-bond donors (Lipinski definition) is 3. The molecular weight excluding hydrogens is 424 g/mol. The van der Waals surface area contributed by atoms with E-state index >= 15 is 0 Å². The summed E-state index contributed by atoms with van der Waals surface area (Å²) in [6, 6.07) is 16.3. The van der Waals surface area contributed by atoms with Gasteiger partial charge >= 0.3 is 12.1 Å². The zero-order valence-electron chi connectivity index (χ0n) is 18.5. The van der Waals surface area contributed by atoms with Gasteiger partial charge in [-0.2, -0.15) is 0 Å². The largest absolute Gasteiger partial charge is 0.479 e. The van der Waals surface area contributed by atoms with Crippen molar-refractivity contribution < 1.29 is 29.1 Å². The first-order chi connectivity index (χ1) is 16.0. The number of hydroxylamine groups is 1. The summed E-state index contributed by atoms with van der Waals surface area (Å²) in [6.07, 6.45) is 0.652. The van der Waals surface area contributed by atoms with Crippen molar-refractivity contribution in [2.45, 2.75) is 38.2 Å². The Bertz CT molecular complexity index is 994. The van der Waals surface area contributed by atoms with Gasteiger partial charge in [-0.25, -0.2) is 15.1 Å². The predicted molar refractivity (Wildman–Crippen MR) is 120 cm³/mol. The van der Waals surface area contributed by atoms with Crippen molar-refractivity contribution in [2.24, 2.45) is 11.8 Å². The van der Waals surface area contributed by atoms with E-state index in [-0.39, 0.29) is 30.3 Å². The number of amides is 2. The van der Waals surface area contributed by atoms with E-state index in [1.54, 1.807) is 0 Å². The average Bonchev–Trinajstić information content (AvgIpc) is 3.42. The van der Waals surface area contributed by atoms with E-state index in [9.17, 15) is 14.4 Å². The van der Waals surface area contributed by atoms with Gasteiger partial charge in [0.15, 0.2) is 6.10 Å². The second-order valence-electron chi connectivity index (χ2n) is 8.57. The van der Waals surface area contributed by atoms with Crippen molar-refractivity contribution in [3.8, 4) is 11.1 Å². The average molecular weight is 453 g/mol. The Hall–Kier alpha value is -3.39. The highest BCUT2D eigenvalue weighted by atomic mass is 16.7. The lowest BCUT2D eigenvalue weighted by Gasteiger charge is -2.20. The van der Waals surface area contributed by atoms with Crippen LogP contribution in [0, 0.1) is 11.8 Å². The minimum atomic E-state index is -1.16. The minimum Gasteiger partial charge on any atom is -0.479 e. The molecule has 174 valence electrons. The van der Waals surface area contributed by atoms with E-state index in [0.29, 0.717) is 13.0 Å². The number of benzene rings is 2. The van der Waals surface area contributed by atoms with Crippen LogP contribution in [0.3, 0.4) is 0 Å². The van der Waals surface area contributed by atoms with Gasteiger partial charge in [-0.05, 0) is 47.9 Å². The van der Waals surface area contributed by atoms with E-state index in [1.165, 1.54) is 18.1 Å². The van der Waals surface area contributed by atoms with Gasteiger partial charge < -0.3 is 15.2 Å². The molecule has 0 aliphatic heterocycles. The summed E-state index contributed by atoms with van der Waals surface area (Å²) in [5.41, 5.74) is 6.87. The number of nitrogens with one attached hydrogen (secondary N) is 2. The molecule has 2 amide bonds. The molecule has 3 N–H and O–H groups in total. The van der Waals surface area contributed by atoms with E-state index in [0.717, 1.165) is 24.0 Å². The van der Waals surface area contributed by atoms with Crippen LogP contribution in [0.2, 0.25) is 0 Å². The predicted octanol–water partition coefficient (Wildman–Crippen LogP) is 3.46. The van der Waals surface area contributed by atoms with Crippen molar-refractivity contribution in [1.82, 2.24) is 10.8 Å². The molecule has 2 aromatic carbocycles. The van der Waals surface area contributed by atoms with Crippen molar-refractivity contribution in [3.05, 3.63) is 59.7 Å². The number of carboxylic acid groups (broad SMARTS) is 1. The van der Waals surface area contributed by atoms with Crippen LogP contribution < -0.4 is 10.8 Å². The standard InChI is InChI=1S/C25H28N2O6/c1-15(24(29)30)33-27-23(28)17-12-6-7-16(17)13-26-25(31)32-14-22-20-10-4-2-8-18(20)19-9-3-5-11-21(19)22/h2-5,8-11,15-17,22H,6-7,12-14H2,1H3,(H,26,31)(H,27,28)(H,29,30)/t15?,16-,17-/m0/s1. The molecule has 1 unspecified atom stereocenters. The molecule has 0 radical (unpaired) electrons. The fourth-order valence-corrected chi connectivity index (χ4v) is 4.76. The Morgan fingerprint density at radius 1 is 1.03 bits per heavy atom. The zero-order chi connectivity index (χ0) is 23.4. The molecule has 0 aromatic heterocycles. The molecule has 2 aromatic rings. The van der Waals surface area contributed by atoms with Crippen LogP contribution in [0.5, 0.6) is 0 Å². The van der Waals surface area contributed by atoms with Crippen molar-refractivity contribution >= 4 is 18.0 Å². The Balaban J connectivity index is 1.28. The van der Waals surface area contributed by atoms with Gasteiger partial charge in [0.25, 0.3) is 0 Å². The summed E-state index contributed by atoms with van der Waals surface area (Å²) in [4.78, 5) is 40.5. The van der Waals surface area contributed by atoms with E-state index < -0.39 is 18.2 Å². The summed E-state index contributed by atoms with van der Waals surface area (Å²) in [5, 5.41) is 11.6. The van der Waals surface area contributed by atoms with Crippen LogP contribution in [0.1, 0.15) is 43.2 Å². The van der Waals surface area contributed by atoms with Gasteiger partial charge in [-0.15, -0.1) is 0 Å². The first-order valence-electron chi connectivity index (χ1n) is 11.2. The zero-order valence-corrected chi connectivity index (χ0v) is 18.5. The molecule has 8 nitrogen and oxygen atoms in total. The van der Waals surface area contributed by atoms with Crippen molar-refractivity contribution in [2.75, 3.05) is 13.2 Å². The Kier molecular flexibility index (Phi) is 6.93. The SMILES string of the molecule is CC(ONC(=O)[C@H]1CCC[C@H]1CNC(=O)OCC1c2ccccc2-c2ccccc21)C(=O)O. The lowest BCUT2D eigenvalue weighted by atomic mass is 9.95. The molecule has 1 saturated carbocycles. The van der Waals surface area contributed by atoms with Crippen molar-refractivity contribution in [1.29, 1.82) is 0 Å². The molecule has 2 aliphatic rings. The Morgan fingerprint density at radius 3 is 2.30 bits per heavy atom. The molecule has 0 bridgehead atoms. The minimum absolute atomic E-state index is 0.0125. The van der Waals surface area contributed by atoms with Gasteiger partial charge in [-0.3, -0.25) is 9.63 Å². The molecule has 4 rings (SSSR count). The fourth-order valence-electron chi connectivity index (χ4n) is 4.76. The number of alkyl carbamates (subject to hydrolysis) is 1. The summed E-state index contributed by atoms with van der Waals surface area (Å²) in [7, 11) is 0. The third-order valence-corrected chi connectivity index (χ3v) is 6.53. The van der Waals surface area contributed by atoms with Crippen LogP contribution >= 0.6 is 0 Å². The Morgan fingerprint density at radius 2 is 1.67 bits per heavy atom. The van der Waals surface area contributed by atoms with Crippen LogP contribution in [0.4, 0.5) is 4.79 Å². The molecule has 33 heavy (non-hydrogen) atoms. The van der Waals surface area contributed by atoms with Gasteiger partial charge in [-0.1, -0.05) is 55.0 Å². The second-order valence-corrected chi connectivity index (χ2v) is 8.57. The molecule has 0 saturated heterocycles. The van der Waals surface area contributed by atoms with Crippen LogP contribution in [0.15, 0.2) is 48.5 Å². The maximum atomic E-state index is 12.4. The van der Waals surface area contributed by atoms with Gasteiger partial charge in [0.1, 0.15) is 6.61 Å². The molecule has 8 heteroatoms. The third-order valence-electron chi connectivity index (χ3n) is 6.53. The monoisotopic (exact) mass is 452 g/mol. The van der Waals surface area contributed by atoms with Gasteiger partial charge in [0.05, 0.1) is 0 Å². The third kappa shape index (κ3) is 5.01. The van der Waals surface area contributed by atoms with Crippen molar-refractivity contribution in [3.63, 3.8) is 0 Å². The summed E-state index contributed by atoms with van der Waals surface area (Å²) >= 11 is 0. The quantitative estimate of drug-likeness (QED) is 0.529. The number of carbonyl (C=O) groups is 3. The molecule has 2 aliphatic carbocycles. The smallest absolute Gasteiger partial charge is 0.407 e. The lowest BCUT2D eigenvalue weighted by molar-refractivity contribution is -0.160. The lowest BCUT2D eigenvalue weighted by Crippen LogP contribution is -2.40. The number of hydrogen-bond acceptors (Lipinski definition) is 5. The first-order valence-corrected chi connectivity index (χ1v) is 11.2. The summed E-state index contributed by atoms with van der Waals surface area (Å²) < 4.78 is 5.56. The number of ether oxygens (including phenoxy) is 1. The maximum absolute atomic E-state index is 12.4. The fraction of sp³-hybridized carbons (Fsp3) is 0.400. The van der Waals surface area contributed by atoms with Crippen LogP contribution in [-0.4, -0.2) is 42.3 Å². The van der Waals surface area contributed by atoms with Gasteiger partial charge in [0, 0.05) is 18.4 Å². The molecule has 1 fully saturated rings. The molecular formula is C25H28N2O6. The molecule has 0 spiro atoms. The van der Waals surface area contributed by atoms with Gasteiger partial charge in [0.2, 0.25) is 5.91 Å². The summed E-state index contributed by atoms with van der Waals surface area (Å²) in [6.45, 7) is 1.88. The van der Waals surface area contributed by atoms with E-state index in [1.807, 2.05) is 24.3 Å². The highest BCUT2D eigenvalue weighted by Crippen LogP contribution is 2.44. The highest BCUT2D eigenvalue weighted by Gasteiger charge is 2.34. The summed E-state index contributed by atoms with van der Waals surface area (Å²) in [5.74, 6) is -1.94. The van der Waals surface area contributed by atoms with Crippen LogP contribution in [0.25, 0.3) is 11.1 Å². The first kappa shape index (κ1) is 22.8. The number of carbonyl (C=O) groups excluding carboxylic acids is 2. The number of fused-ring (bicyclic) bond motifs is 3. The number of carboxylic acids is 1. The second kappa shape index (κ2) is 10.0. The maximum Gasteiger partial charge on any atom is 0.407 e. The van der Waals surface area contributed by atoms with Crippen LogP contribution in [-0.2, 0) is 19.2 Å². The number of rotatable bonds is 8. The van der Waals surface area contributed by atoms with E-state index in [4.69, 9.17) is 14.7 Å². The molecule has 3 atom stereocenters.